The molecule has 0 fully saturated rings. The van der Waals surface area contributed by atoms with Crippen molar-refractivity contribution in [1.29, 1.82) is 0 Å². The first-order chi connectivity index (χ1) is 9.97. The molecule has 1 heterocycles. The highest BCUT2D eigenvalue weighted by Crippen LogP contribution is 2.14. The van der Waals surface area contributed by atoms with Gasteiger partial charge in [-0.05, 0) is 31.0 Å². The molecule has 7 heteroatoms. The number of hydrogen-bond acceptors (Lipinski definition) is 4. The Morgan fingerprint density at radius 1 is 1.38 bits per heavy atom. The maximum atomic E-state index is 12.1. The molecule has 0 spiro atoms. The number of nitrogens with zero attached hydrogens (tertiary/aromatic N) is 3. The number of nitrogens with one attached hydrogen (secondary N) is 1. The SMILES string of the molecule is Cc1c(C(=O)Nc2cccc(CCC(=O)O)c2)nnn1C. The lowest BCUT2D eigenvalue weighted by molar-refractivity contribution is -0.136. The molecule has 2 aromatic rings. The number of benzene rings is 1. The average Bonchev–Trinajstić information content (AvgIpc) is 2.77. The molecule has 0 aliphatic carbocycles. The van der Waals surface area contributed by atoms with Crippen molar-refractivity contribution in [3.05, 3.63) is 41.2 Å². The minimum absolute atomic E-state index is 0.0562. The molecule has 0 radical (unpaired) electrons. The molecule has 7 nitrogen and oxygen atoms in total. The second kappa shape index (κ2) is 6.17. The molecular weight excluding hydrogens is 272 g/mol. The molecule has 110 valence electrons. The minimum atomic E-state index is -0.848. The van der Waals surface area contributed by atoms with Crippen molar-refractivity contribution in [3.8, 4) is 0 Å². The fourth-order valence-electron chi connectivity index (χ4n) is 1.86. The van der Waals surface area contributed by atoms with E-state index in [0.717, 1.165) is 5.56 Å². The van der Waals surface area contributed by atoms with Gasteiger partial charge in [-0.15, -0.1) is 5.10 Å². The molecule has 1 amide bonds. The van der Waals surface area contributed by atoms with Gasteiger partial charge < -0.3 is 10.4 Å². The molecule has 21 heavy (non-hydrogen) atoms. The number of rotatable bonds is 5. The van der Waals surface area contributed by atoms with Crippen LogP contribution in [0, 0.1) is 6.92 Å². The molecular formula is C14H16N4O3. The van der Waals surface area contributed by atoms with Gasteiger partial charge in [0.2, 0.25) is 0 Å². The predicted molar refractivity (Wildman–Crippen MR) is 76.1 cm³/mol. The fourth-order valence-corrected chi connectivity index (χ4v) is 1.86. The third kappa shape index (κ3) is 3.65. The maximum absolute atomic E-state index is 12.1. The number of anilines is 1. The molecule has 1 aromatic heterocycles. The number of carboxylic acids is 1. The van der Waals surface area contributed by atoms with Gasteiger partial charge in [-0.2, -0.15) is 0 Å². The maximum Gasteiger partial charge on any atom is 0.303 e. The topological polar surface area (TPSA) is 97.1 Å². The minimum Gasteiger partial charge on any atom is -0.481 e. The first-order valence-electron chi connectivity index (χ1n) is 6.45. The van der Waals surface area contributed by atoms with Crippen molar-refractivity contribution >= 4 is 17.6 Å². The molecule has 0 aliphatic heterocycles. The number of aromatic nitrogens is 3. The zero-order valence-electron chi connectivity index (χ0n) is 11.8. The van der Waals surface area contributed by atoms with Gasteiger partial charge in [-0.1, -0.05) is 17.3 Å². The van der Waals surface area contributed by atoms with E-state index in [-0.39, 0.29) is 18.0 Å². The second-order valence-electron chi connectivity index (χ2n) is 4.70. The third-order valence-electron chi connectivity index (χ3n) is 3.13. The van der Waals surface area contributed by atoms with E-state index in [1.165, 1.54) is 4.68 Å². The van der Waals surface area contributed by atoms with Crippen molar-refractivity contribution in [2.75, 3.05) is 5.32 Å². The van der Waals surface area contributed by atoms with E-state index >= 15 is 0 Å². The highest BCUT2D eigenvalue weighted by atomic mass is 16.4. The Hall–Kier alpha value is -2.70. The van der Waals surface area contributed by atoms with Crippen LogP contribution in [0.3, 0.4) is 0 Å². The molecule has 0 atom stereocenters. The first kappa shape index (κ1) is 14.7. The lowest BCUT2D eigenvalue weighted by Gasteiger charge is -2.06. The summed E-state index contributed by atoms with van der Waals surface area (Å²) in [7, 11) is 1.71. The van der Waals surface area contributed by atoms with E-state index in [2.05, 4.69) is 15.6 Å². The summed E-state index contributed by atoms with van der Waals surface area (Å²) in [6.07, 6.45) is 0.476. The molecule has 2 N–H and O–H groups in total. The largest absolute Gasteiger partial charge is 0.481 e. The zero-order valence-corrected chi connectivity index (χ0v) is 11.8. The standard InChI is InChI=1S/C14H16N4O3/c1-9-13(16-17-18(9)2)14(21)15-11-5-3-4-10(8-11)6-7-12(19)20/h3-5,8H,6-7H2,1-2H3,(H,15,21)(H,19,20). The van der Waals surface area contributed by atoms with Gasteiger partial charge in [0.05, 0.1) is 5.69 Å². The van der Waals surface area contributed by atoms with E-state index in [0.29, 0.717) is 17.8 Å². The Labute approximate surface area is 121 Å². The van der Waals surface area contributed by atoms with Gasteiger partial charge in [0.15, 0.2) is 5.69 Å². The summed E-state index contributed by atoms with van der Waals surface area (Å²) in [6, 6.07) is 7.10. The summed E-state index contributed by atoms with van der Waals surface area (Å²) in [5.41, 5.74) is 2.40. The summed E-state index contributed by atoms with van der Waals surface area (Å²) in [4.78, 5) is 22.7. The lowest BCUT2D eigenvalue weighted by atomic mass is 10.1. The molecule has 0 unspecified atom stereocenters. The number of carbonyl (C=O) groups excluding carboxylic acids is 1. The number of carbonyl (C=O) groups is 2. The van der Waals surface area contributed by atoms with E-state index in [1.807, 2.05) is 6.07 Å². The number of aliphatic carboxylic acids is 1. The lowest BCUT2D eigenvalue weighted by Crippen LogP contribution is -2.14. The third-order valence-corrected chi connectivity index (χ3v) is 3.13. The van der Waals surface area contributed by atoms with Gasteiger partial charge in [-0.25, -0.2) is 0 Å². The van der Waals surface area contributed by atoms with Crippen molar-refractivity contribution in [3.63, 3.8) is 0 Å². The second-order valence-corrected chi connectivity index (χ2v) is 4.70. The normalized spacial score (nSPS) is 10.4. The number of aryl methyl sites for hydroxylation is 2. The van der Waals surface area contributed by atoms with Crippen LogP contribution in [0.5, 0.6) is 0 Å². The van der Waals surface area contributed by atoms with Crippen LogP contribution in [0.15, 0.2) is 24.3 Å². The van der Waals surface area contributed by atoms with Crippen LogP contribution < -0.4 is 5.32 Å². The van der Waals surface area contributed by atoms with Crippen LogP contribution in [-0.2, 0) is 18.3 Å². The van der Waals surface area contributed by atoms with Crippen molar-refractivity contribution in [2.24, 2.45) is 7.05 Å². The molecule has 0 saturated carbocycles. The molecule has 2 rings (SSSR count). The highest BCUT2D eigenvalue weighted by Gasteiger charge is 2.15. The van der Waals surface area contributed by atoms with Gasteiger partial charge in [0.1, 0.15) is 0 Å². The molecule has 0 bridgehead atoms. The Kier molecular flexibility index (Phi) is 4.32. The van der Waals surface area contributed by atoms with Crippen LogP contribution in [0.4, 0.5) is 5.69 Å². The predicted octanol–water partition coefficient (Wildman–Crippen LogP) is 1.39. The van der Waals surface area contributed by atoms with Gasteiger partial charge in [0, 0.05) is 19.2 Å². The number of hydrogen-bond donors (Lipinski definition) is 2. The molecule has 0 aliphatic rings. The van der Waals surface area contributed by atoms with Crippen LogP contribution in [0.2, 0.25) is 0 Å². The molecule has 1 aromatic carbocycles. The van der Waals surface area contributed by atoms with E-state index in [9.17, 15) is 9.59 Å². The van der Waals surface area contributed by atoms with Crippen LogP contribution in [0.25, 0.3) is 0 Å². The Balaban J connectivity index is 2.09. The monoisotopic (exact) mass is 288 g/mol. The Bertz CT molecular complexity index is 679. The number of amides is 1. The van der Waals surface area contributed by atoms with Crippen molar-refractivity contribution in [2.45, 2.75) is 19.8 Å². The van der Waals surface area contributed by atoms with Crippen LogP contribution in [0.1, 0.15) is 28.2 Å². The quantitative estimate of drug-likeness (QED) is 0.866. The van der Waals surface area contributed by atoms with E-state index in [1.54, 1.807) is 32.2 Å². The number of carboxylic acid groups (broad SMARTS) is 1. The summed E-state index contributed by atoms with van der Waals surface area (Å²) in [5.74, 6) is -1.18. The van der Waals surface area contributed by atoms with Crippen molar-refractivity contribution in [1.82, 2.24) is 15.0 Å². The van der Waals surface area contributed by atoms with Crippen LogP contribution >= 0.6 is 0 Å². The van der Waals surface area contributed by atoms with Gasteiger partial charge in [0.25, 0.3) is 5.91 Å². The summed E-state index contributed by atoms with van der Waals surface area (Å²) in [5, 5.41) is 19.0. The van der Waals surface area contributed by atoms with Crippen LogP contribution in [-0.4, -0.2) is 32.0 Å². The van der Waals surface area contributed by atoms with Gasteiger partial charge >= 0.3 is 5.97 Å². The fraction of sp³-hybridized carbons (Fsp3) is 0.286. The zero-order chi connectivity index (χ0) is 15.4. The summed E-state index contributed by atoms with van der Waals surface area (Å²) in [6.45, 7) is 1.76. The molecule has 0 saturated heterocycles. The summed E-state index contributed by atoms with van der Waals surface area (Å²) < 4.78 is 1.53. The Morgan fingerprint density at radius 3 is 2.76 bits per heavy atom. The van der Waals surface area contributed by atoms with E-state index < -0.39 is 5.97 Å². The summed E-state index contributed by atoms with van der Waals surface area (Å²) >= 11 is 0. The van der Waals surface area contributed by atoms with E-state index in [4.69, 9.17) is 5.11 Å². The van der Waals surface area contributed by atoms with Gasteiger partial charge in [-0.3, -0.25) is 14.3 Å². The first-order valence-corrected chi connectivity index (χ1v) is 6.45. The van der Waals surface area contributed by atoms with Crippen molar-refractivity contribution < 1.29 is 14.7 Å². The highest BCUT2D eigenvalue weighted by molar-refractivity contribution is 6.03. The average molecular weight is 288 g/mol. The smallest absolute Gasteiger partial charge is 0.303 e. The Morgan fingerprint density at radius 2 is 2.14 bits per heavy atom.